The van der Waals surface area contributed by atoms with Crippen molar-refractivity contribution in [1.82, 2.24) is 10.4 Å². The van der Waals surface area contributed by atoms with Crippen LogP contribution in [-0.4, -0.2) is 31.2 Å². The van der Waals surface area contributed by atoms with Crippen LogP contribution in [0.1, 0.15) is 40.5 Å². The summed E-state index contributed by atoms with van der Waals surface area (Å²) < 4.78 is 0. The van der Waals surface area contributed by atoms with E-state index in [-0.39, 0.29) is 5.54 Å². The first-order valence-corrected chi connectivity index (χ1v) is 5.96. The highest BCUT2D eigenvalue weighted by Crippen LogP contribution is 2.24. The van der Waals surface area contributed by atoms with Gasteiger partial charge in [-0.05, 0) is 24.7 Å². The van der Waals surface area contributed by atoms with Crippen molar-refractivity contribution in [3.05, 3.63) is 0 Å². The van der Waals surface area contributed by atoms with E-state index in [0.717, 1.165) is 12.8 Å². The topological polar surface area (TPSA) is 41.3 Å². The van der Waals surface area contributed by atoms with Crippen LogP contribution >= 0.6 is 0 Å². The Labute approximate surface area is 95.4 Å². The fraction of sp³-hybridized carbons (Fsp3) is 1.00. The molecule has 0 amide bonds. The van der Waals surface area contributed by atoms with Crippen LogP contribution in [-0.2, 0) is 0 Å². The van der Waals surface area contributed by atoms with Crippen LogP contribution in [0.2, 0.25) is 0 Å². The van der Waals surface area contributed by atoms with Crippen molar-refractivity contribution in [2.75, 3.05) is 20.6 Å². The number of nitrogens with zero attached hydrogens (tertiary/aromatic N) is 1. The smallest absolute Gasteiger partial charge is 0.0452 e. The summed E-state index contributed by atoms with van der Waals surface area (Å²) in [7, 11) is 4.07. The molecule has 0 aromatic carbocycles. The van der Waals surface area contributed by atoms with E-state index in [4.69, 9.17) is 5.73 Å². The maximum atomic E-state index is 5.96. The standard InChI is InChI=1S/C12H29N3/c1-10(2)7-12(9-13,8-11(3)4)14-15(5)6/h10-11,14H,7-9,13H2,1-6H3. The Morgan fingerprint density at radius 3 is 1.67 bits per heavy atom. The molecule has 3 heteroatoms. The van der Waals surface area contributed by atoms with Crippen LogP contribution in [0.5, 0.6) is 0 Å². The Morgan fingerprint density at radius 1 is 1.07 bits per heavy atom. The van der Waals surface area contributed by atoms with E-state index in [9.17, 15) is 0 Å². The van der Waals surface area contributed by atoms with E-state index >= 15 is 0 Å². The molecule has 0 radical (unpaired) electrons. The van der Waals surface area contributed by atoms with Crippen molar-refractivity contribution >= 4 is 0 Å². The van der Waals surface area contributed by atoms with E-state index in [2.05, 4.69) is 33.1 Å². The second kappa shape index (κ2) is 6.46. The van der Waals surface area contributed by atoms with Crippen LogP contribution in [0.15, 0.2) is 0 Å². The molecule has 0 aromatic rings. The van der Waals surface area contributed by atoms with Crippen molar-refractivity contribution < 1.29 is 0 Å². The molecule has 0 spiro atoms. The first kappa shape index (κ1) is 14.9. The monoisotopic (exact) mass is 215 g/mol. The van der Waals surface area contributed by atoms with Gasteiger partial charge in [-0.25, -0.2) is 5.43 Å². The lowest BCUT2D eigenvalue weighted by atomic mass is 9.82. The summed E-state index contributed by atoms with van der Waals surface area (Å²) in [6.45, 7) is 9.70. The molecule has 0 aliphatic rings. The Morgan fingerprint density at radius 2 is 1.47 bits per heavy atom. The molecular formula is C12H29N3. The Balaban J connectivity index is 4.59. The third-order valence-electron chi connectivity index (χ3n) is 2.45. The Bertz CT molecular complexity index is 138. The van der Waals surface area contributed by atoms with Crippen molar-refractivity contribution in [2.45, 2.75) is 46.1 Å². The van der Waals surface area contributed by atoms with Gasteiger partial charge < -0.3 is 5.73 Å². The summed E-state index contributed by atoms with van der Waals surface area (Å²) in [5.41, 5.74) is 9.54. The molecule has 0 bridgehead atoms. The van der Waals surface area contributed by atoms with Crippen LogP contribution in [0.3, 0.4) is 0 Å². The first-order chi connectivity index (χ1) is 6.81. The fourth-order valence-corrected chi connectivity index (χ4v) is 2.42. The summed E-state index contributed by atoms with van der Waals surface area (Å²) in [4.78, 5) is 0. The van der Waals surface area contributed by atoms with Gasteiger partial charge in [0.25, 0.3) is 0 Å². The molecule has 0 aliphatic heterocycles. The average Bonchev–Trinajstić information content (AvgIpc) is 1.99. The number of hydrogen-bond donors (Lipinski definition) is 2. The fourth-order valence-electron chi connectivity index (χ4n) is 2.42. The molecule has 0 unspecified atom stereocenters. The highest BCUT2D eigenvalue weighted by molar-refractivity contribution is 4.89. The predicted molar refractivity (Wildman–Crippen MR) is 67.5 cm³/mol. The van der Waals surface area contributed by atoms with Crippen LogP contribution in [0.4, 0.5) is 0 Å². The largest absolute Gasteiger partial charge is 0.329 e. The van der Waals surface area contributed by atoms with Crippen molar-refractivity contribution in [3.8, 4) is 0 Å². The van der Waals surface area contributed by atoms with Crippen LogP contribution in [0, 0.1) is 11.8 Å². The normalized spacial score (nSPS) is 13.2. The minimum Gasteiger partial charge on any atom is -0.329 e. The molecule has 0 saturated heterocycles. The van der Waals surface area contributed by atoms with E-state index in [1.165, 1.54) is 0 Å². The number of nitrogens with one attached hydrogen (secondary N) is 1. The van der Waals surface area contributed by atoms with Crippen molar-refractivity contribution in [3.63, 3.8) is 0 Å². The quantitative estimate of drug-likeness (QED) is 0.637. The molecule has 0 aliphatic carbocycles. The maximum absolute atomic E-state index is 5.96. The molecule has 92 valence electrons. The van der Waals surface area contributed by atoms with Gasteiger partial charge in [-0.1, -0.05) is 27.7 Å². The van der Waals surface area contributed by atoms with E-state index in [1.54, 1.807) is 0 Å². The van der Waals surface area contributed by atoms with E-state index in [1.807, 2.05) is 19.1 Å². The van der Waals surface area contributed by atoms with Crippen molar-refractivity contribution in [2.24, 2.45) is 17.6 Å². The SMILES string of the molecule is CC(C)CC(CN)(CC(C)C)NN(C)C. The second-order valence-corrected chi connectivity index (χ2v) is 5.69. The van der Waals surface area contributed by atoms with Crippen LogP contribution in [0.25, 0.3) is 0 Å². The summed E-state index contributed by atoms with van der Waals surface area (Å²) >= 11 is 0. The molecular weight excluding hydrogens is 186 g/mol. The summed E-state index contributed by atoms with van der Waals surface area (Å²) in [5, 5.41) is 2.03. The van der Waals surface area contributed by atoms with Gasteiger partial charge >= 0.3 is 0 Å². The predicted octanol–water partition coefficient (Wildman–Crippen LogP) is 1.84. The molecule has 0 aromatic heterocycles. The average molecular weight is 215 g/mol. The molecule has 15 heavy (non-hydrogen) atoms. The minimum absolute atomic E-state index is 0.0613. The molecule has 3 N–H and O–H groups in total. The second-order valence-electron chi connectivity index (χ2n) is 5.69. The van der Waals surface area contributed by atoms with Gasteiger partial charge in [0.05, 0.1) is 0 Å². The van der Waals surface area contributed by atoms with Gasteiger partial charge in [-0.15, -0.1) is 0 Å². The van der Waals surface area contributed by atoms with Gasteiger partial charge in [-0.2, -0.15) is 0 Å². The summed E-state index contributed by atoms with van der Waals surface area (Å²) in [5.74, 6) is 1.33. The van der Waals surface area contributed by atoms with Crippen LogP contribution < -0.4 is 11.2 Å². The molecule has 0 rings (SSSR count). The molecule has 0 atom stereocenters. The zero-order valence-electron chi connectivity index (χ0n) is 11.3. The van der Waals surface area contributed by atoms with Gasteiger partial charge in [0.2, 0.25) is 0 Å². The Kier molecular flexibility index (Phi) is 6.41. The highest BCUT2D eigenvalue weighted by Gasteiger charge is 2.30. The third kappa shape index (κ3) is 6.13. The van der Waals surface area contributed by atoms with E-state index < -0.39 is 0 Å². The Hall–Kier alpha value is -0.120. The molecule has 0 saturated carbocycles. The van der Waals surface area contributed by atoms with Gasteiger partial charge in [0.1, 0.15) is 0 Å². The highest BCUT2D eigenvalue weighted by atomic mass is 15.5. The van der Waals surface area contributed by atoms with Gasteiger partial charge in [-0.3, -0.25) is 5.01 Å². The van der Waals surface area contributed by atoms with Gasteiger partial charge in [0.15, 0.2) is 0 Å². The number of hydrazine groups is 1. The lowest BCUT2D eigenvalue weighted by Crippen LogP contribution is -2.57. The maximum Gasteiger partial charge on any atom is 0.0452 e. The molecule has 0 heterocycles. The third-order valence-corrected chi connectivity index (χ3v) is 2.45. The number of nitrogens with two attached hydrogens (primary N) is 1. The number of rotatable bonds is 7. The minimum atomic E-state index is 0.0613. The van der Waals surface area contributed by atoms with Crippen molar-refractivity contribution in [1.29, 1.82) is 0 Å². The zero-order chi connectivity index (χ0) is 12.1. The summed E-state index contributed by atoms with van der Waals surface area (Å²) in [6, 6.07) is 0. The lowest BCUT2D eigenvalue weighted by molar-refractivity contribution is 0.119. The zero-order valence-corrected chi connectivity index (χ0v) is 11.3. The first-order valence-electron chi connectivity index (χ1n) is 5.96. The lowest BCUT2D eigenvalue weighted by Gasteiger charge is -2.39. The summed E-state index contributed by atoms with van der Waals surface area (Å²) in [6.07, 6.45) is 2.25. The van der Waals surface area contributed by atoms with E-state index in [0.29, 0.717) is 18.4 Å². The van der Waals surface area contributed by atoms with Gasteiger partial charge in [0, 0.05) is 26.2 Å². The molecule has 0 fully saturated rings. The molecule has 3 nitrogen and oxygen atoms in total. The number of hydrogen-bond acceptors (Lipinski definition) is 3.